The van der Waals surface area contributed by atoms with Gasteiger partial charge < -0.3 is 24.4 Å². The molecule has 1 fully saturated rings. The molecule has 1 aromatic rings. The number of phenols is 2. The zero-order valence-corrected chi connectivity index (χ0v) is 14.2. The van der Waals surface area contributed by atoms with Crippen molar-refractivity contribution in [2.24, 2.45) is 5.92 Å². The molecule has 1 aliphatic rings. The third-order valence-electron chi connectivity index (χ3n) is 4.28. The predicted octanol–water partition coefficient (Wildman–Crippen LogP) is 2.53. The first-order valence-corrected chi connectivity index (χ1v) is 7.90. The van der Waals surface area contributed by atoms with Gasteiger partial charge in [0.05, 0.1) is 0 Å². The summed E-state index contributed by atoms with van der Waals surface area (Å²) in [5.41, 5.74) is 1.60. The fourth-order valence-electron chi connectivity index (χ4n) is 2.93. The van der Waals surface area contributed by atoms with Crippen LogP contribution in [-0.4, -0.2) is 42.8 Å². The lowest BCUT2D eigenvalue weighted by Crippen LogP contribution is -2.40. The lowest BCUT2D eigenvalue weighted by molar-refractivity contribution is -0.237. The van der Waals surface area contributed by atoms with Gasteiger partial charge in [0.2, 0.25) is 0 Å². The van der Waals surface area contributed by atoms with E-state index in [9.17, 15) is 15.0 Å². The Balaban J connectivity index is 2.06. The molecule has 6 heteroatoms. The summed E-state index contributed by atoms with van der Waals surface area (Å²) >= 11 is 0. The van der Waals surface area contributed by atoms with Gasteiger partial charge in [0.15, 0.2) is 24.1 Å². The molecule has 0 radical (unpaired) electrons. The number of allylic oxidation sites excluding steroid dienone is 1. The summed E-state index contributed by atoms with van der Waals surface area (Å²) in [6.45, 7) is 1.86. The van der Waals surface area contributed by atoms with Crippen LogP contribution in [0.2, 0.25) is 0 Å². The van der Waals surface area contributed by atoms with Crippen LogP contribution >= 0.6 is 0 Å². The number of hydrogen-bond donors (Lipinski definition) is 2. The van der Waals surface area contributed by atoms with E-state index in [2.05, 4.69) is 0 Å². The van der Waals surface area contributed by atoms with E-state index < -0.39 is 12.6 Å². The highest BCUT2D eigenvalue weighted by molar-refractivity contribution is 5.84. The first-order valence-electron chi connectivity index (χ1n) is 7.90. The standard InChI is InChI=1S/C18H24O6/c1-4-12-13(10-17(22-2)24-18(12)23-3)14(19)7-5-11-6-8-15(20)16(21)9-11/h4,6,8-9,13,17-18,20-21H,5,7,10H2,1-3H3/b12-4+/t13-,17-,18+/m1/s1. The van der Waals surface area contributed by atoms with Crippen LogP contribution in [-0.2, 0) is 25.4 Å². The lowest BCUT2D eigenvalue weighted by Gasteiger charge is -2.35. The van der Waals surface area contributed by atoms with Crippen LogP contribution in [0, 0.1) is 5.92 Å². The van der Waals surface area contributed by atoms with Gasteiger partial charge in [0, 0.05) is 33.0 Å². The summed E-state index contributed by atoms with van der Waals surface area (Å²) < 4.78 is 16.2. The van der Waals surface area contributed by atoms with E-state index in [0.717, 1.165) is 11.1 Å². The van der Waals surface area contributed by atoms with Crippen LogP contribution in [0.1, 0.15) is 25.3 Å². The van der Waals surface area contributed by atoms with Crippen molar-refractivity contribution in [3.63, 3.8) is 0 Å². The Morgan fingerprint density at radius 3 is 2.62 bits per heavy atom. The average Bonchev–Trinajstić information content (AvgIpc) is 2.60. The quantitative estimate of drug-likeness (QED) is 0.613. The van der Waals surface area contributed by atoms with Gasteiger partial charge >= 0.3 is 0 Å². The smallest absolute Gasteiger partial charge is 0.183 e. The van der Waals surface area contributed by atoms with E-state index >= 15 is 0 Å². The molecule has 3 atom stereocenters. The number of carbonyl (C=O) groups excluding carboxylic acids is 1. The summed E-state index contributed by atoms with van der Waals surface area (Å²) in [5.74, 6) is -0.594. The number of phenolic OH excluding ortho intramolecular Hbond substituents is 2. The minimum Gasteiger partial charge on any atom is -0.504 e. The minimum absolute atomic E-state index is 0.0723. The Hall–Kier alpha value is -1.89. The maximum absolute atomic E-state index is 12.7. The third-order valence-corrected chi connectivity index (χ3v) is 4.28. The van der Waals surface area contributed by atoms with Crippen LogP contribution in [0.25, 0.3) is 0 Å². The Morgan fingerprint density at radius 1 is 1.29 bits per heavy atom. The third kappa shape index (κ3) is 4.14. The fourth-order valence-corrected chi connectivity index (χ4v) is 2.93. The molecule has 0 saturated carbocycles. The van der Waals surface area contributed by atoms with E-state index in [1.54, 1.807) is 13.2 Å². The Morgan fingerprint density at radius 2 is 2.04 bits per heavy atom. The highest BCUT2D eigenvalue weighted by Crippen LogP contribution is 2.33. The van der Waals surface area contributed by atoms with Gasteiger partial charge in [0.25, 0.3) is 0 Å². The Bertz CT molecular complexity index is 610. The van der Waals surface area contributed by atoms with E-state index in [1.807, 2.05) is 13.0 Å². The van der Waals surface area contributed by atoms with E-state index in [-0.39, 0.29) is 23.2 Å². The molecule has 1 aromatic carbocycles. The van der Waals surface area contributed by atoms with Crippen LogP contribution in [0.3, 0.4) is 0 Å². The first-order chi connectivity index (χ1) is 11.5. The van der Waals surface area contributed by atoms with Crippen LogP contribution in [0.5, 0.6) is 11.5 Å². The monoisotopic (exact) mass is 336 g/mol. The van der Waals surface area contributed by atoms with Crippen molar-refractivity contribution in [3.05, 3.63) is 35.4 Å². The zero-order valence-electron chi connectivity index (χ0n) is 14.2. The first kappa shape index (κ1) is 18.4. The van der Waals surface area contributed by atoms with Gasteiger partial charge in [-0.1, -0.05) is 12.1 Å². The van der Waals surface area contributed by atoms with Crippen molar-refractivity contribution in [1.29, 1.82) is 0 Å². The van der Waals surface area contributed by atoms with Gasteiger partial charge in [-0.25, -0.2) is 0 Å². The molecule has 0 unspecified atom stereocenters. The Kier molecular flexibility index (Phi) is 6.36. The predicted molar refractivity (Wildman–Crippen MR) is 87.6 cm³/mol. The average molecular weight is 336 g/mol. The van der Waals surface area contributed by atoms with E-state index in [4.69, 9.17) is 14.2 Å². The van der Waals surface area contributed by atoms with Gasteiger partial charge in [-0.15, -0.1) is 0 Å². The summed E-state index contributed by atoms with van der Waals surface area (Å²) in [7, 11) is 3.08. The number of Topliss-reactive ketones (excluding diaryl/α,β-unsaturated/α-hetero) is 1. The van der Waals surface area contributed by atoms with Gasteiger partial charge in [-0.05, 0) is 36.6 Å². The van der Waals surface area contributed by atoms with Crippen LogP contribution in [0.15, 0.2) is 29.8 Å². The largest absolute Gasteiger partial charge is 0.504 e. The molecule has 2 rings (SSSR count). The van der Waals surface area contributed by atoms with Crippen molar-refractivity contribution in [2.75, 3.05) is 14.2 Å². The maximum Gasteiger partial charge on any atom is 0.183 e. The highest BCUT2D eigenvalue weighted by Gasteiger charge is 2.37. The fraction of sp³-hybridized carbons (Fsp3) is 0.500. The number of benzene rings is 1. The molecule has 0 aromatic heterocycles. The number of aryl methyl sites for hydroxylation is 1. The number of hydrogen-bond acceptors (Lipinski definition) is 6. The minimum atomic E-state index is -0.583. The summed E-state index contributed by atoms with van der Waals surface area (Å²) in [5, 5.41) is 18.9. The number of carbonyl (C=O) groups is 1. The molecule has 1 heterocycles. The molecule has 0 aliphatic carbocycles. The number of aromatic hydroxyl groups is 2. The topological polar surface area (TPSA) is 85.2 Å². The Labute approximate surface area is 141 Å². The molecule has 1 saturated heterocycles. The van der Waals surface area contributed by atoms with Gasteiger partial charge in [-0.2, -0.15) is 0 Å². The molecule has 6 nitrogen and oxygen atoms in total. The second-order valence-corrected chi connectivity index (χ2v) is 5.74. The van der Waals surface area contributed by atoms with Crippen molar-refractivity contribution >= 4 is 5.78 Å². The van der Waals surface area contributed by atoms with Crippen molar-refractivity contribution < 1.29 is 29.2 Å². The summed E-state index contributed by atoms with van der Waals surface area (Å²) in [4.78, 5) is 12.7. The second-order valence-electron chi connectivity index (χ2n) is 5.74. The number of methoxy groups -OCH3 is 2. The lowest BCUT2D eigenvalue weighted by atomic mass is 9.85. The normalized spacial score (nSPS) is 25.8. The molecule has 132 valence electrons. The molecule has 24 heavy (non-hydrogen) atoms. The van der Waals surface area contributed by atoms with Crippen molar-refractivity contribution in [2.45, 2.75) is 38.8 Å². The number of ether oxygens (including phenoxy) is 3. The van der Waals surface area contributed by atoms with Gasteiger partial charge in [0.1, 0.15) is 5.78 Å². The molecule has 2 N–H and O–H groups in total. The number of rotatable bonds is 6. The zero-order chi connectivity index (χ0) is 17.7. The van der Waals surface area contributed by atoms with Crippen molar-refractivity contribution in [3.8, 4) is 11.5 Å². The SMILES string of the molecule is C/C=C1/[C@@H](OC)O[C@@H](OC)C[C@H]1C(=O)CCc1ccc(O)c(O)c1. The van der Waals surface area contributed by atoms with Crippen LogP contribution < -0.4 is 0 Å². The highest BCUT2D eigenvalue weighted by atomic mass is 16.8. The summed E-state index contributed by atoms with van der Waals surface area (Å²) in [6, 6.07) is 4.58. The molecule has 0 bridgehead atoms. The van der Waals surface area contributed by atoms with E-state index in [1.165, 1.54) is 19.2 Å². The molecular weight excluding hydrogens is 312 g/mol. The summed E-state index contributed by atoms with van der Waals surface area (Å²) in [6.07, 6.45) is 2.05. The molecule has 0 spiro atoms. The maximum atomic E-state index is 12.7. The second kappa shape index (κ2) is 8.28. The number of ketones is 1. The van der Waals surface area contributed by atoms with Crippen LogP contribution in [0.4, 0.5) is 0 Å². The molecule has 1 aliphatic heterocycles. The van der Waals surface area contributed by atoms with E-state index in [0.29, 0.717) is 19.3 Å². The molecule has 0 amide bonds. The van der Waals surface area contributed by atoms with Crippen molar-refractivity contribution in [1.82, 2.24) is 0 Å². The molecular formula is C18H24O6. The van der Waals surface area contributed by atoms with Gasteiger partial charge in [-0.3, -0.25) is 4.79 Å².